The van der Waals surface area contributed by atoms with Gasteiger partial charge in [-0.25, -0.2) is 9.59 Å². The minimum Gasteiger partial charge on any atom is -0.619 e. The number of pyridine rings is 1. The van der Waals surface area contributed by atoms with Crippen LogP contribution in [0.15, 0.2) is 48.8 Å². The maximum atomic E-state index is 13.1. The van der Waals surface area contributed by atoms with Crippen molar-refractivity contribution in [2.24, 2.45) is 5.92 Å². The molecule has 1 fully saturated rings. The Labute approximate surface area is 272 Å². The molecule has 0 radical (unpaired) electrons. The number of benzene rings is 2. The van der Waals surface area contributed by atoms with Crippen molar-refractivity contribution >= 4 is 45.3 Å². The summed E-state index contributed by atoms with van der Waals surface area (Å²) in [5.41, 5.74) is 0.329. The average Bonchev–Trinajstić information content (AvgIpc) is 3.80. The molecule has 0 saturated heterocycles. The van der Waals surface area contributed by atoms with Crippen LogP contribution < -0.4 is 23.1 Å². The Morgan fingerprint density at radius 3 is 2.30 bits per heavy atom. The molecule has 0 spiro atoms. The van der Waals surface area contributed by atoms with Crippen molar-refractivity contribution < 1.29 is 59.4 Å². The second kappa shape index (κ2) is 15.0. The Kier molecular flexibility index (Phi) is 11.3. The van der Waals surface area contributed by atoms with Crippen LogP contribution >= 0.6 is 23.2 Å². The van der Waals surface area contributed by atoms with E-state index in [1.165, 1.54) is 37.4 Å². The number of methoxy groups -OCH3 is 1. The van der Waals surface area contributed by atoms with Crippen LogP contribution in [-0.2, 0) is 30.8 Å². The van der Waals surface area contributed by atoms with Gasteiger partial charge < -0.3 is 33.1 Å². The van der Waals surface area contributed by atoms with Crippen molar-refractivity contribution in [1.82, 2.24) is 0 Å². The van der Waals surface area contributed by atoms with Gasteiger partial charge in [0.15, 0.2) is 42.0 Å². The highest BCUT2D eigenvalue weighted by Crippen LogP contribution is 2.38. The summed E-state index contributed by atoms with van der Waals surface area (Å²) in [6.45, 7) is -3.76. The molecule has 4 rings (SSSR count). The summed E-state index contributed by atoms with van der Waals surface area (Å²) in [5, 5.41) is 11.7. The van der Waals surface area contributed by atoms with E-state index in [-0.39, 0.29) is 68.7 Å². The number of hydrogen-bond acceptors (Lipinski definition) is 11. The summed E-state index contributed by atoms with van der Waals surface area (Å²) < 4.78 is 80.6. The van der Waals surface area contributed by atoms with Crippen molar-refractivity contribution in [3.05, 3.63) is 80.7 Å². The average molecular weight is 706 g/mol. The fraction of sp³-hybridized carbons (Fsp3) is 0.345. The minimum atomic E-state index is -3.97. The lowest BCUT2D eigenvalue weighted by molar-refractivity contribution is -0.605. The number of esters is 2. The lowest BCUT2D eigenvalue weighted by atomic mass is 10.0. The molecule has 46 heavy (non-hydrogen) atoms. The Morgan fingerprint density at radius 1 is 1.02 bits per heavy atom. The highest BCUT2D eigenvalue weighted by Gasteiger charge is 2.27. The first-order chi connectivity index (χ1) is 21.7. The zero-order valence-corrected chi connectivity index (χ0v) is 26.6. The largest absolute Gasteiger partial charge is 0.619 e. The third-order valence-electron chi connectivity index (χ3n) is 6.41. The summed E-state index contributed by atoms with van der Waals surface area (Å²) in [6.07, 6.45) is 3.38. The Morgan fingerprint density at radius 2 is 1.70 bits per heavy atom. The lowest BCUT2D eigenvalue weighted by Gasteiger charge is -2.21. The van der Waals surface area contributed by atoms with Gasteiger partial charge in [0, 0.05) is 18.1 Å². The SMILES string of the molecule is COc1ccc(C(=O)OCC(=O)O[C@@H](Cc2c(Cl)c[n+]([O-])cc2Cl)c2ccc(OC(F)F)c(OCC3CC3)c2)cc1OS(C)(=O)=O. The summed E-state index contributed by atoms with van der Waals surface area (Å²) in [5.74, 6) is -2.30. The van der Waals surface area contributed by atoms with E-state index in [1.54, 1.807) is 0 Å². The van der Waals surface area contributed by atoms with Crippen LogP contribution in [-0.4, -0.2) is 53.5 Å². The number of ether oxygens (including phenoxy) is 5. The van der Waals surface area contributed by atoms with Crippen molar-refractivity contribution in [1.29, 1.82) is 0 Å². The first kappa shape index (κ1) is 34.8. The maximum absolute atomic E-state index is 13.1. The van der Waals surface area contributed by atoms with Gasteiger partial charge >= 0.3 is 28.7 Å². The van der Waals surface area contributed by atoms with Crippen molar-refractivity contribution in [3.63, 3.8) is 0 Å². The normalized spacial score (nSPS) is 13.5. The molecule has 1 aromatic heterocycles. The van der Waals surface area contributed by atoms with Gasteiger partial charge in [0.1, 0.15) is 16.1 Å². The molecule has 1 saturated carbocycles. The van der Waals surface area contributed by atoms with Gasteiger partial charge in [-0.3, -0.25) is 0 Å². The van der Waals surface area contributed by atoms with Crippen LogP contribution in [0.3, 0.4) is 0 Å². The number of carbonyl (C=O) groups is 2. The van der Waals surface area contributed by atoms with E-state index >= 15 is 0 Å². The highest BCUT2D eigenvalue weighted by molar-refractivity contribution is 7.86. The fourth-order valence-corrected chi connectivity index (χ4v) is 5.15. The van der Waals surface area contributed by atoms with Crippen LogP contribution in [0.25, 0.3) is 0 Å². The summed E-state index contributed by atoms with van der Waals surface area (Å²) in [7, 11) is -2.70. The van der Waals surface area contributed by atoms with E-state index in [2.05, 4.69) is 4.74 Å². The molecule has 12 nitrogen and oxygen atoms in total. The molecule has 248 valence electrons. The fourth-order valence-electron chi connectivity index (χ4n) is 4.09. The van der Waals surface area contributed by atoms with Crippen LogP contribution in [0.2, 0.25) is 10.0 Å². The lowest BCUT2D eigenvalue weighted by Crippen LogP contribution is -2.26. The quantitative estimate of drug-likeness (QED) is 0.0905. The van der Waals surface area contributed by atoms with Crippen LogP contribution in [0.4, 0.5) is 8.78 Å². The predicted octanol–water partition coefficient (Wildman–Crippen LogP) is 5.05. The molecule has 0 unspecified atom stereocenters. The highest BCUT2D eigenvalue weighted by atomic mass is 35.5. The number of hydrogen-bond donors (Lipinski definition) is 0. The summed E-state index contributed by atoms with van der Waals surface area (Å²) in [4.78, 5) is 25.7. The molecule has 1 aliphatic carbocycles. The molecule has 0 aliphatic heterocycles. The van der Waals surface area contributed by atoms with E-state index in [0.717, 1.165) is 37.6 Å². The zero-order valence-electron chi connectivity index (χ0n) is 24.2. The summed E-state index contributed by atoms with van der Waals surface area (Å²) >= 11 is 12.5. The standard InChI is InChI=1S/C29H27Cl2F2NO11S/c1-40-22-7-6-18(10-26(22)45-46(2,38)39)28(36)42-15-27(35)43-24(11-19-20(30)12-34(37)13-21(19)31)17-5-8-23(44-29(32)33)25(9-17)41-14-16-3-4-16/h5-10,12-13,16,24,29H,3-4,11,14-15H2,1-2H3/t24-/m0/s1. The van der Waals surface area contributed by atoms with Gasteiger partial charge in [-0.15, -0.1) is 0 Å². The van der Waals surface area contributed by atoms with Gasteiger partial charge in [0.2, 0.25) is 0 Å². The second-order valence-corrected chi connectivity index (χ2v) is 12.4. The molecule has 1 aliphatic rings. The molecule has 2 aromatic carbocycles. The topological polar surface area (TPSA) is 151 Å². The van der Waals surface area contributed by atoms with Gasteiger partial charge in [0.25, 0.3) is 0 Å². The third-order valence-corrected chi connectivity index (χ3v) is 7.54. The summed E-state index contributed by atoms with van der Waals surface area (Å²) in [6, 6.07) is 7.55. The molecule has 17 heteroatoms. The number of rotatable bonds is 15. The molecule has 1 atom stereocenters. The molecular formula is C29H27Cl2F2NO11S. The molecule has 0 amide bonds. The van der Waals surface area contributed by atoms with Crippen molar-refractivity contribution in [3.8, 4) is 23.0 Å². The second-order valence-electron chi connectivity index (χ2n) is 10.0. The molecule has 0 N–H and O–H groups in total. The van der Waals surface area contributed by atoms with E-state index in [0.29, 0.717) is 4.73 Å². The van der Waals surface area contributed by atoms with Crippen LogP contribution in [0.5, 0.6) is 23.0 Å². The first-order valence-electron chi connectivity index (χ1n) is 13.4. The third kappa shape index (κ3) is 9.96. The van der Waals surface area contributed by atoms with Gasteiger partial charge in [-0.2, -0.15) is 21.9 Å². The van der Waals surface area contributed by atoms with E-state index in [1.807, 2.05) is 0 Å². The number of nitrogens with zero attached hydrogens (tertiary/aromatic N) is 1. The Bertz CT molecular complexity index is 1680. The Hall–Kier alpha value is -4.08. The van der Waals surface area contributed by atoms with Crippen molar-refractivity contribution in [2.75, 3.05) is 26.6 Å². The molecule has 1 heterocycles. The number of alkyl halides is 2. The molecule has 3 aromatic rings. The van der Waals surface area contributed by atoms with Gasteiger partial charge in [0.05, 0.1) is 25.5 Å². The number of carbonyl (C=O) groups excluding carboxylic acids is 2. The minimum absolute atomic E-state index is 0.0218. The van der Waals surface area contributed by atoms with E-state index in [9.17, 15) is 32.0 Å². The monoisotopic (exact) mass is 705 g/mol. The van der Waals surface area contributed by atoms with E-state index < -0.39 is 41.4 Å². The van der Waals surface area contributed by atoms with Crippen molar-refractivity contribution in [2.45, 2.75) is 32.0 Å². The van der Waals surface area contributed by atoms with Gasteiger partial charge in [-0.1, -0.05) is 29.3 Å². The smallest absolute Gasteiger partial charge is 0.387 e. The number of halogens is 4. The van der Waals surface area contributed by atoms with Crippen LogP contribution in [0.1, 0.15) is 40.4 Å². The van der Waals surface area contributed by atoms with E-state index in [4.69, 9.17) is 46.3 Å². The maximum Gasteiger partial charge on any atom is 0.387 e. The number of aromatic nitrogens is 1. The molecule has 0 bridgehead atoms. The first-order valence-corrected chi connectivity index (χ1v) is 16.0. The van der Waals surface area contributed by atoms with Crippen LogP contribution in [0, 0.1) is 11.1 Å². The predicted molar refractivity (Wildman–Crippen MR) is 158 cm³/mol. The molecular weight excluding hydrogens is 679 g/mol. The van der Waals surface area contributed by atoms with Gasteiger partial charge in [-0.05, 0) is 48.6 Å². The zero-order chi connectivity index (χ0) is 33.6. The Balaban J connectivity index is 1.56.